The van der Waals surface area contributed by atoms with Crippen LogP contribution in [0.4, 0.5) is 0 Å². The highest BCUT2D eigenvalue weighted by molar-refractivity contribution is 5.80. The molecule has 1 fully saturated rings. The van der Waals surface area contributed by atoms with Crippen LogP contribution in [0, 0.1) is 11.8 Å². The van der Waals surface area contributed by atoms with Gasteiger partial charge in [-0.05, 0) is 25.7 Å². The number of carbonyl (C=O) groups is 2. The lowest BCUT2D eigenvalue weighted by atomic mass is 9.94. The van der Waals surface area contributed by atoms with E-state index in [1.54, 1.807) is 4.90 Å². The molecule has 0 aromatic carbocycles. The van der Waals surface area contributed by atoms with E-state index in [-0.39, 0.29) is 17.9 Å². The van der Waals surface area contributed by atoms with E-state index in [9.17, 15) is 9.59 Å². The molecular formula is C12H21NO3. The zero-order valence-electron chi connectivity index (χ0n) is 10.3. The van der Waals surface area contributed by atoms with Crippen LogP contribution in [0.1, 0.15) is 40.0 Å². The van der Waals surface area contributed by atoms with Crippen LogP contribution in [0.15, 0.2) is 0 Å². The van der Waals surface area contributed by atoms with Crippen molar-refractivity contribution >= 4 is 11.9 Å². The van der Waals surface area contributed by atoms with E-state index >= 15 is 0 Å². The zero-order chi connectivity index (χ0) is 12.3. The summed E-state index contributed by atoms with van der Waals surface area (Å²) in [7, 11) is 0. The molecule has 0 aromatic heterocycles. The van der Waals surface area contributed by atoms with Gasteiger partial charge in [0.2, 0.25) is 5.91 Å². The van der Waals surface area contributed by atoms with Crippen LogP contribution in [-0.2, 0) is 9.59 Å². The normalized spacial score (nSPS) is 23.6. The van der Waals surface area contributed by atoms with Gasteiger partial charge in [0.05, 0.1) is 5.92 Å². The van der Waals surface area contributed by atoms with Crippen LogP contribution in [0.3, 0.4) is 0 Å². The smallest absolute Gasteiger partial charge is 0.308 e. The molecule has 1 aliphatic rings. The first-order valence-electron chi connectivity index (χ1n) is 5.94. The second-order valence-electron chi connectivity index (χ2n) is 5.10. The first-order valence-corrected chi connectivity index (χ1v) is 5.94. The Balaban J connectivity index is 2.62. The fourth-order valence-electron chi connectivity index (χ4n) is 2.31. The number of carbonyl (C=O) groups excluding carboxylic acids is 1. The third-order valence-electron chi connectivity index (χ3n) is 3.14. The fraction of sp³-hybridized carbons (Fsp3) is 0.833. The molecule has 1 rings (SSSR count). The van der Waals surface area contributed by atoms with Crippen molar-refractivity contribution in [1.29, 1.82) is 0 Å². The summed E-state index contributed by atoms with van der Waals surface area (Å²) in [5.74, 6) is -0.541. The molecule has 0 bridgehead atoms. The van der Waals surface area contributed by atoms with Crippen LogP contribution in [0.25, 0.3) is 0 Å². The minimum Gasteiger partial charge on any atom is -0.481 e. The van der Waals surface area contributed by atoms with Gasteiger partial charge >= 0.3 is 5.97 Å². The number of likely N-dealkylation sites (tertiary alicyclic amines) is 1. The molecule has 4 heteroatoms. The van der Waals surface area contributed by atoms with Crippen molar-refractivity contribution in [2.45, 2.75) is 46.1 Å². The summed E-state index contributed by atoms with van der Waals surface area (Å²) in [6.07, 6.45) is 1.79. The Hall–Kier alpha value is -1.06. The van der Waals surface area contributed by atoms with E-state index in [1.165, 1.54) is 0 Å². The van der Waals surface area contributed by atoms with Crippen molar-refractivity contribution in [3.63, 3.8) is 0 Å². The van der Waals surface area contributed by atoms with Crippen molar-refractivity contribution in [1.82, 2.24) is 4.90 Å². The predicted molar refractivity (Wildman–Crippen MR) is 61.0 cm³/mol. The molecule has 2 atom stereocenters. The second-order valence-corrected chi connectivity index (χ2v) is 5.10. The van der Waals surface area contributed by atoms with E-state index in [2.05, 4.69) is 13.8 Å². The maximum absolute atomic E-state index is 11.7. The number of nitrogens with zero attached hydrogens (tertiary/aromatic N) is 1. The van der Waals surface area contributed by atoms with Gasteiger partial charge in [0, 0.05) is 19.0 Å². The summed E-state index contributed by atoms with van der Waals surface area (Å²) in [5, 5.41) is 8.97. The molecule has 4 nitrogen and oxygen atoms in total. The maximum atomic E-state index is 11.7. The van der Waals surface area contributed by atoms with Crippen LogP contribution in [0.2, 0.25) is 0 Å². The number of hydrogen-bond donors (Lipinski definition) is 1. The highest BCUT2D eigenvalue weighted by Crippen LogP contribution is 2.22. The Kier molecular flexibility index (Phi) is 4.33. The Morgan fingerprint density at radius 2 is 2.12 bits per heavy atom. The van der Waals surface area contributed by atoms with E-state index < -0.39 is 5.97 Å². The molecule has 0 aliphatic carbocycles. The van der Waals surface area contributed by atoms with Gasteiger partial charge in [-0.15, -0.1) is 0 Å². The Labute approximate surface area is 96.6 Å². The van der Waals surface area contributed by atoms with Crippen molar-refractivity contribution in [3.8, 4) is 0 Å². The van der Waals surface area contributed by atoms with E-state index in [0.29, 0.717) is 25.3 Å². The lowest BCUT2D eigenvalue weighted by Crippen LogP contribution is -2.47. The molecule has 1 heterocycles. The molecule has 1 aliphatic heterocycles. The summed E-state index contributed by atoms with van der Waals surface area (Å²) in [5.41, 5.74) is 0. The van der Waals surface area contributed by atoms with Gasteiger partial charge in [0.15, 0.2) is 0 Å². The average Bonchev–Trinajstić information content (AvgIpc) is 2.16. The van der Waals surface area contributed by atoms with Gasteiger partial charge in [-0.3, -0.25) is 9.59 Å². The average molecular weight is 227 g/mol. The maximum Gasteiger partial charge on any atom is 0.308 e. The second kappa shape index (κ2) is 5.32. The zero-order valence-corrected chi connectivity index (χ0v) is 10.3. The molecule has 0 aromatic rings. The molecule has 0 spiro atoms. The van der Waals surface area contributed by atoms with Gasteiger partial charge in [-0.1, -0.05) is 13.8 Å². The van der Waals surface area contributed by atoms with Crippen molar-refractivity contribution in [3.05, 3.63) is 0 Å². The quantitative estimate of drug-likeness (QED) is 0.796. The van der Waals surface area contributed by atoms with Crippen molar-refractivity contribution in [2.75, 3.05) is 6.54 Å². The van der Waals surface area contributed by atoms with E-state index in [4.69, 9.17) is 5.11 Å². The summed E-state index contributed by atoms with van der Waals surface area (Å²) in [6.45, 7) is 6.60. The molecule has 0 saturated carbocycles. The lowest BCUT2D eigenvalue weighted by molar-refractivity contribution is -0.148. The SMILES string of the molecule is CC(C)CC(C)N1CC(C(=O)O)CCC1=O. The molecule has 92 valence electrons. The first-order chi connectivity index (χ1) is 7.41. The van der Waals surface area contributed by atoms with Crippen molar-refractivity contribution in [2.24, 2.45) is 11.8 Å². The Morgan fingerprint density at radius 1 is 1.50 bits per heavy atom. The molecule has 16 heavy (non-hydrogen) atoms. The van der Waals surface area contributed by atoms with Gasteiger partial charge in [-0.25, -0.2) is 0 Å². The topological polar surface area (TPSA) is 57.6 Å². The minimum atomic E-state index is -0.783. The third-order valence-corrected chi connectivity index (χ3v) is 3.14. The summed E-state index contributed by atoms with van der Waals surface area (Å²) < 4.78 is 0. The third kappa shape index (κ3) is 3.22. The van der Waals surface area contributed by atoms with Crippen LogP contribution >= 0.6 is 0 Å². The number of piperidine rings is 1. The molecule has 2 unspecified atom stereocenters. The Morgan fingerprint density at radius 3 is 2.62 bits per heavy atom. The van der Waals surface area contributed by atoms with Crippen LogP contribution in [-0.4, -0.2) is 34.5 Å². The predicted octanol–water partition coefficient (Wildman–Crippen LogP) is 1.74. The number of rotatable bonds is 4. The van der Waals surface area contributed by atoms with Gasteiger partial charge in [-0.2, -0.15) is 0 Å². The number of amides is 1. The summed E-state index contributed by atoms with van der Waals surface area (Å²) in [4.78, 5) is 24.4. The van der Waals surface area contributed by atoms with E-state index in [0.717, 1.165) is 6.42 Å². The standard InChI is InChI=1S/C12H21NO3/c1-8(2)6-9(3)13-7-10(12(15)16)4-5-11(13)14/h8-10H,4-7H2,1-3H3,(H,15,16). The van der Waals surface area contributed by atoms with E-state index in [1.807, 2.05) is 6.92 Å². The van der Waals surface area contributed by atoms with Gasteiger partial charge in [0.25, 0.3) is 0 Å². The molecule has 1 amide bonds. The lowest BCUT2D eigenvalue weighted by Gasteiger charge is -2.36. The first kappa shape index (κ1) is 13.0. The monoisotopic (exact) mass is 227 g/mol. The molecule has 1 N–H and O–H groups in total. The van der Waals surface area contributed by atoms with Gasteiger partial charge in [0.1, 0.15) is 0 Å². The summed E-state index contributed by atoms with van der Waals surface area (Å²) in [6, 6.07) is 0.148. The molecule has 0 radical (unpaired) electrons. The van der Waals surface area contributed by atoms with Crippen LogP contribution < -0.4 is 0 Å². The highest BCUT2D eigenvalue weighted by atomic mass is 16.4. The molecule has 1 saturated heterocycles. The number of hydrogen-bond acceptors (Lipinski definition) is 2. The van der Waals surface area contributed by atoms with Crippen molar-refractivity contribution < 1.29 is 14.7 Å². The minimum absolute atomic E-state index is 0.102. The van der Waals surface area contributed by atoms with Crippen LogP contribution in [0.5, 0.6) is 0 Å². The largest absolute Gasteiger partial charge is 0.481 e. The highest BCUT2D eigenvalue weighted by Gasteiger charge is 2.32. The molecular weight excluding hydrogens is 206 g/mol. The number of carboxylic acids is 1. The number of carboxylic acid groups (broad SMARTS) is 1. The Bertz CT molecular complexity index is 275. The number of aliphatic carboxylic acids is 1. The van der Waals surface area contributed by atoms with Gasteiger partial charge < -0.3 is 10.0 Å². The summed E-state index contributed by atoms with van der Waals surface area (Å²) >= 11 is 0. The fourth-order valence-corrected chi connectivity index (χ4v) is 2.31.